The molecule has 1 aromatic rings. The van der Waals surface area contributed by atoms with Crippen LogP contribution in [0.5, 0.6) is 0 Å². The molecule has 1 amide bonds. The second kappa shape index (κ2) is 7.60. The minimum Gasteiger partial charge on any atom is -0.341 e. The third-order valence-electron chi connectivity index (χ3n) is 4.62. The van der Waals surface area contributed by atoms with Gasteiger partial charge in [0, 0.05) is 25.6 Å². The standard InChI is InChI=1S/C18H28N2O/c1-4-15-7-9-16(10-8-15)14(2)12-18(21)20-11-5-6-17(13-20)19-3/h7-10,14,17,19H,4-6,11-13H2,1-3H3. The Morgan fingerprint density at radius 1 is 1.38 bits per heavy atom. The van der Waals surface area contributed by atoms with Crippen molar-refractivity contribution in [2.24, 2.45) is 0 Å². The number of benzene rings is 1. The van der Waals surface area contributed by atoms with Crippen LogP contribution in [0.15, 0.2) is 24.3 Å². The number of aryl methyl sites for hydroxylation is 1. The third kappa shape index (κ3) is 4.31. The van der Waals surface area contributed by atoms with Crippen LogP contribution in [-0.2, 0) is 11.2 Å². The van der Waals surface area contributed by atoms with E-state index < -0.39 is 0 Å². The van der Waals surface area contributed by atoms with Gasteiger partial charge in [-0.1, -0.05) is 38.1 Å². The Kier molecular flexibility index (Phi) is 5.80. The fourth-order valence-corrected chi connectivity index (χ4v) is 3.03. The third-order valence-corrected chi connectivity index (χ3v) is 4.62. The van der Waals surface area contributed by atoms with Gasteiger partial charge < -0.3 is 10.2 Å². The molecule has 0 bridgehead atoms. The number of rotatable bonds is 5. The topological polar surface area (TPSA) is 32.3 Å². The Hall–Kier alpha value is -1.35. The van der Waals surface area contributed by atoms with Gasteiger partial charge in [0.1, 0.15) is 0 Å². The number of amides is 1. The number of hydrogen-bond donors (Lipinski definition) is 1. The summed E-state index contributed by atoms with van der Waals surface area (Å²) < 4.78 is 0. The SMILES string of the molecule is CCc1ccc(C(C)CC(=O)N2CCCC(NC)C2)cc1. The zero-order chi connectivity index (χ0) is 15.2. The molecule has 0 aliphatic carbocycles. The van der Waals surface area contributed by atoms with E-state index in [1.165, 1.54) is 17.5 Å². The zero-order valence-electron chi connectivity index (χ0n) is 13.6. The van der Waals surface area contributed by atoms with Crippen molar-refractivity contribution in [2.45, 2.75) is 51.5 Å². The van der Waals surface area contributed by atoms with Crippen LogP contribution in [0.2, 0.25) is 0 Å². The normalized spacial score (nSPS) is 20.3. The molecule has 1 heterocycles. The van der Waals surface area contributed by atoms with Gasteiger partial charge in [0.05, 0.1) is 0 Å². The number of likely N-dealkylation sites (tertiary alicyclic amines) is 1. The van der Waals surface area contributed by atoms with Crippen molar-refractivity contribution in [3.63, 3.8) is 0 Å². The van der Waals surface area contributed by atoms with Crippen LogP contribution < -0.4 is 5.32 Å². The summed E-state index contributed by atoms with van der Waals surface area (Å²) in [5, 5.41) is 3.29. The Morgan fingerprint density at radius 3 is 2.71 bits per heavy atom. The molecule has 1 fully saturated rings. The van der Waals surface area contributed by atoms with Crippen molar-refractivity contribution in [2.75, 3.05) is 20.1 Å². The lowest BCUT2D eigenvalue weighted by Crippen LogP contribution is -2.47. The van der Waals surface area contributed by atoms with E-state index in [4.69, 9.17) is 0 Å². The summed E-state index contributed by atoms with van der Waals surface area (Å²) in [6, 6.07) is 9.15. The van der Waals surface area contributed by atoms with Crippen molar-refractivity contribution < 1.29 is 4.79 Å². The van der Waals surface area contributed by atoms with Crippen molar-refractivity contribution in [1.29, 1.82) is 0 Å². The van der Waals surface area contributed by atoms with Gasteiger partial charge in [-0.3, -0.25) is 4.79 Å². The quantitative estimate of drug-likeness (QED) is 0.903. The molecule has 116 valence electrons. The summed E-state index contributed by atoms with van der Waals surface area (Å²) in [4.78, 5) is 14.5. The molecule has 1 aliphatic rings. The average molecular weight is 288 g/mol. The van der Waals surface area contributed by atoms with Gasteiger partial charge in [0.2, 0.25) is 5.91 Å². The maximum atomic E-state index is 12.5. The van der Waals surface area contributed by atoms with E-state index in [2.05, 4.69) is 43.4 Å². The van der Waals surface area contributed by atoms with Gasteiger partial charge in [-0.15, -0.1) is 0 Å². The van der Waals surface area contributed by atoms with Crippen molar-refractivity contribution in [1.82, 2.24) is 10.2 Å². The number of carbonyl (C=O) groups excluding carboxylic acids is 1. The fraction of sp³-hybridized carbons (Fsp3) is 0.611. The average Bonchev–Trinajstić information content (AvgIpc) is 2.54. The first-order chi connectivity index (χ1) is 10.1. The summed E-state index contributed by atoms with van der Waals surface area (Å²) in [6.45, 7) is 6.09. The van der Waals surface area contributed by atoms with Crippen LogP contribution >= 0.6 is 0 Å². The molecule has 3 heteroatoms. The van der Waals surface area contributed by atoms with Crippen LogP contribution in [0.1, 0.15) is 50.2 Å². The van der Waals surface area contributed by atoms with Crippen LogP contribution in [0.3, 0.4) is 0 Å². The van der Waals surface area contributed by atoms with Gasteiger partial charge >= 0.3 is 0 Å². The Labute approximate surface area is 128 Å². The van der Waals surface area contributed by atoms with E-state index in [1.54, 1.807) is 0 Å². The highest BCUT2D eigenvalue weighted by molar-refractivity contribution is 5.77. The monoisotopic (exact) mass is 288 g/mol. The molecule has 21 heavy (non-hydrogen) atoms. The molecule has 2 unspecified atom stereocenters. The first-order valence-corrected chi connectivity index (χ1v) is 8.18. The largest absolute Gasteiger partial charge is 0.341 e. The highest BCUT2D eigenvalue weighted by atomic mass is 16.2. The van der Waals surface area contributed by atoms with Gasteiger partial charge in [-0.2, -0.15) is 0 Å². The number of hydrogen-bond acceptors (Lipinski definition) is 2. The zero-order valence-corrected chi connectivity index (χ0v) is 13.6. The lowest BCUT2D eigenvalue weighted by atomic mass is 9.95. The highest BCUT2D eigenvalue weighted by Crippen LogP contribution is 2.22. The molecule has 0 spiro atoms. The van der Waals surface area contributed by atoms with Crippen LogP contribution in [0, 0.1) is 0 Å². The van der Waals surface area contributed by atoms with Gasteiger partial charge in [-0.05, 0) is 43.4 Å². The molecule has 0 saturated carbocycles. The number of piperidine rings is 1. The lowest BCUT2D eigenvalue weighted by molar-refractivity contribution is -0.132. The molecule has 2 rings (SSSR count). The van der Waals surface area contributed by atoms with E-state index in [0.717, 1.165) is 25.9 Å². The van der Waals surface area contributed by atoms with Gasteiger partial charge in [0.15, 0.2) is 0 Å². The first kappa shape index (κ1) is 16.0. The second-order valence-corrected chi connectivity index (χ2v) is 6.17. The summed E-state index contributed by atoms with van der Waals surface area (Å²) >= 11 is 0. The van der Waals surface area contributed by atoms with Crippen LogP contribution in [-0.4, -0.2) is 37.0 Å². The lowest BCUT2D eigenvalue weighted by Gasteiger charge is -2.33. The van der Waals surface area contributed by atoms with Crippen LogP contribution in [0.25, 0.3) is 0 Å². The van der Waals surface area contributed by atoms with Crippen molar-refractivity contribution >= 4 is 5.91 Å². The predicted molar refractivity (Wildman–Crippen MR) is 87.5 cm³/mol. The van der Waals surface area contributed by atoms with Crippen molar-refractivity contribution in [3.8, 4) is 0 Å². The molecule has 1 saturated heterocycles. The molecule has 2 atom stereocenters. The molecule has 1 N–H and O–H groups in total. The predicted octanol–water partition coefficient (Wildman–Crippen LogP) is 2.95. The molecule has 0 aromatic heterocycles. The number of carbonyl (C=O) groups is 1. The van der Waals surface area contributed by atoms with E-state index in [9.17, 15) is 4.79 Å². The molecular formula is C18H28N2O. The maximum absolute atomic E-state index is 12.5. The minimum absolute atomic E-state index is 0.290. The fourth-order valence-electron chi connectivity index (χ4n) is 3.03. The number of nitrogens with one attached hydrogen (secondary N) is 1. The number of likely N-dealkylation sites (N-methyl/N-ethyl adjacent to an activating group) is 1. The van der Waals surface area contributed by atoms with Gasteiger partial charge in [-0.25, -0.2) is 0 Å². The minimum atomic E-state index is 0.290. The van der Waals surface area contributed by atoms with Crippen molar-refractivity contribution in [3.05, 3.63) is 35.4 Å². The van der Waals surface area contributed by atoms with E-state index in [1.807, 2.05) is 11.9 Å². The Morgan fingerprint density at radius 2 is 2.10 bits per heavy atom. The molecule has 0 radical (unpaired) electrons. The summed E-state index contributed by atoms with van der Waals surface area (Å²) in [6.07, 6.45) is 3.96. The first-order valence-electron chi connectivity index (χ1n) is 8.18. The molecule has 1 aromatic carbocycles. The number of nitrogens with zero attached hydrogens (tertiary/aromatic N) is 1. The van der Waals surface area contributed by atoms with Crippen LogP contribution in [0.4, 0.5) is 0 Å². The second-order valence-electron chi connectivity index (χ2n) is 6.17. The van der Waals surface area contributed by atoms with Gasteiger partial charge in [0.25, 0.3) is 0 Å². The molecule has 3 nitrogen and oxygen atoms in total. The summed E-state index contributed by atoms with van der Waals surface area (Å²) in [5.74, 6) is 0.584. The summed E-state index contributed by atoms with van der Waals surface area (Å²) in [5.41, 5.74) is 2.62. The smallest absolute Gasteiger partial charge is 0.223 e. The molecular weight excluding hydrogens is 260 g/mol. The maximum Gasteiger partial charge on any atom is 0.223 e. The Balaban J connectivity index is 1.91. The molecule has 1 aliphatic heterocycles. The van der Waals surface area contributed by atoms with E-state index >= 15 is 0 Å². The summed E-state index contributed by atoms with van der Waals surface area (Å²) in [7, 11) is 1.98. The highest BCUT2D eigenvalue weighted by Gasteiger charge is 2.23. The van der Waals surface area contributed by atoms with E-state index in [-0.39, 0.29) is 0 Å². The van der Waals surface area contributed by atoms with E-state index in [0.29, 0.717) is 24.3 Å². The Bertz CT molecular complexity index is 455.